The first kappa shape index (κ1) is 21.8. The van der Waals surface area contributed by atoms with E-state index in [1.54, 1.807) is 30.4 Å². The second-order valence-electron chi connectivity index (χ2n) is 6.99. The Labute approximate surface area is 195 Å². The number of nitrogens with zero attached hydrogens (tertiary/aromatic N) is 2. The fourth-order valence-corrected chi connectivity index (χ4v) is 3.69. The molecular weight excluding hydrogens is 443 g/mol. The highest BCUT2D eigenvalue weighted by Gasteiger charge is 2.09. The summed E-state index contributed by atoms with van der Waals surface area (Å²) in [6.07, 6.45) is 7.68. The van der Waals surface area contributed by atoms with E-state index in [0.29, 0.717) is 27.2 Å². The number of ketones is 1. The fraction of sp³-hybridized carbons (Fsp3) is 0.0385. The van der Waals surface area contributed by atoms with Crippen molar-refractivity contribution in [2.45, 2.75) is 6.92 Å². The van der Waals surface area contributed by atoms with Gasteiger partial charge in [0, 0.05) is 21.2 Å². The Morgan fingerprint density at radius 3 is 2.41 bits per heavy atom. The standard InChI is InChI=1S/C26H18Cl2N2O2/c1-17-6-4-8-21-25(17)29-16-30-26(21)32-24-11-3-2-7-18(24)12-13-19(31)14-15-20-22(27)9-5-10-23(20)28/h2-16H,1H3/b13-12+,15-14+. The summed E-state index contributed by atoms with van der Waals surface area (Å²) in [6.45, 7) is 1.99. The van der Waals surface area contributed by atoms with Crippen LogP contribution < -0.4 is 4.74 Å². The van der Waals surface area contributed by atoms with Crippen LogP contribution in [0.4, 0.5) is 0 Å². The van der Waals surface area contributed by atoms with Crippen molar-refractivity contribution in [3.8, 4) is 11.6 Å². The summed E-state index contributed by atoms with van der Waals surface area (Å²) in [4.78, 5) is 21.0. The smallest absolute Gasteiger partial charge is 0.230 e. The number of carbonyl (C=O) groups excluding carboxylic acids is 1. The molecule has 4 nitrogen and oxygen atoms in total. The van der Waals surface area contributed by atoms with E-state index in [2.05, 4.69) is 9.97 Å². The minimum atomic E-state index is -0.209. The lowest BCUT2D eigenvalue weighted by Crippen LogP contribution is -1.94. The minimum Gasteiger partial charge on any atom is -0.438 e. The topological polar surface area (TPSA) is 52.1 Å². The summed E-state index contributed by atoms with van der Waals surface area (Å²) < 4.78 is 6.10. The van der Waals surface area contributed by atoms with Gasteiger partial charge < -0.3 is 4.74 Å². The predicted octanol–water partition coefficient (Wildman–Crippen LogP) is 7.33. The van der Waals surface area contributed by atoms with E-state index in [0.717, 1.165) is 22.0 Å². The molecule has 0 saturated carbocycles. The largest absolute Gasteiger partial charge is 0.438 e. The number of carbonyl (C=O) groups is 1. The molecule has 0 saturated heterocycles. The van der Waals surface area contributed by atoms with E-state index in [4.69, 9.17) is 27.9 Å². The lowest BCUT2D eigenvalue weighted by molar-refractivity contribution is -0.110. The van der Waals surface area contributed by atoms with Crippen LogP contribution in [0.15, 0.2) is 79.1 Å². The predicted molar refractivity (Wildman–Crippen MR) is 130 cm³/mol. The molecule has 32 heavy (non-hydrogen) atoms. The number of allylic oxidation sites excluding steroid dienone is 2. The van der Waals surface area contributed by atoms with Crippen LogP contribution in [0.25, 0.3) is 23.1 Å². The highest BCUT2D eigenvalue weighted by atomic mass is 35.5. The Hall–Kier alpha value is -3.47. The van der Waals surface area contributed by atoms with Crippen LogP contribution in [0.2, 0.25) is 10.0 Å². The van der Waals surface area contributed by atoms with Crippen LogP contribution in [0.5, 0.6) is 11.6 Å². The van der Waals surface area contributed by atoms with Gasteiger partial charge in [-0.15, -0.1) is 0 Å². The molecule has 4 rings (SSSR count). The van der Waals surface area contributed by atoms with Gasteiger partial charge in [0.15, 0.2) is 5.78 Å². The van der Waals surface area contributed by atoms with Gasteiger partial charge in [0.2, 0.25) is 5.88 Å². The van der Waals surface area contributed by atoms with Crippen molar-refractivity contribution in [3.05, 3.63) is 106 Å². The van der Waals surface area contributed by atoms with Gasteiger partial charge in [-0.25, -0.2) is 9.97 Å². The quantitative estimate of drug-likeness (QED) is 0.282. The number of benzene rings is 3. The Balaban J connectivity index is 1.57. The molecule has 0 radical (unpaired) electrons. The third-order valence-electron chi connectivity index (χ3n) is 4.80. The van der Waals surface area contributed by atoms with Crippen LogP contribution in [0.3, 0.4) is 0 Å². The maximum atomic E-state index is 12.4. The van der Waals surface area contributed by atoms with Gasteiger partial charge in [0.25, 0.3) is 0 Å². The van der Waals surface area contributed by atoms with Crippen molar-refractivity contribution < 1.29 is 9.53 Å². The van der Waals surface area contributed by atoms with Gasteiger partial charge in [-0.05, 0) is 61.1 Å². The first-order valence-corrected chi connectivity index (χ1v) is 10.6. The molecule has 0 unspecified atom stereocenters. The SMILES string of the molecule is Cc1cccc2c(Oc3ccccc3/C=C/C(=O)/C=C/c3c(Cl)cccc3Cl)ncnc12. The summed E-state index contributed by atoms with van der Waals surface area (Å²) in [5.74, 6) is 0.828. The molecule has 1 heterocycles. The minimum absolute atomic E-state index is 0.209. The van der Waals surface area contributed by atoms with Crippen molar-refractivity contribution >= 4 is 52.0 Å². The molecule has 0 bridgehead atoms. The summed E-state index contributed by atoms with van der Waals surface area (Å²) in [5, 5.41) is 1.79. The molecule has 1 aromatic heterocycles. The zero-order chi connectivity index (χ0) is 22.5. The molecule has 0 aliphatic carbocycles. The molecule has 158 valence electrons. The second-order valence-corrected chi connectivity index (χ2v) is 7.81. The van der Waals surface area contributed by atoms with Crippen molar-refractivity contribution in [2.75, 3.05) is 0 Å². The number of aromatic nitrogens is 2. The highest BCUT2D eigenvalue weighted by molar-refractivity contribution is 6.37. The molecule has 0 fully saturated rings. The number of ether oxygens (including phenoxy) is 1. The Kier molecular flexibility index (Phi) is 6.64. The van der Waals surface area contributed by atoms with E-state index in [-0.39, 0.29) is 5.78 Å². The average Bonchev–Trinajstić information content (AvgIpc) is 2.79. The third-order valence-corrected chi connectivity index (χ3v) is 5.46. The molecule has 0 aliphatic heterocycles. The number of aryl methyl sites for hydroxylation is 1. The van der Waals surface area contributed by atoms with Gasteiger partial charge in [-0.1, -0.05) is 59.6 Å². The molecule has 0 amide bonds. The average molecular weight is 461 g/mol. The van der Waals surface area contributed by atoms with E-state index in [1.165, 1.54) is 18.5 Å². The van der Waals surface area contributed by atoms with Gasteiger partial charge >= 0.3 is 0 Å². The van der Waals surface area contributed by atoms with Crippen LogP contribution in [0, 0.1) is 6.92 Å². The van der Waals surface area contributed by atoms with Gasteiger partial charge in [0.05, 0.1) is 10.9 Å². The van der Waals surface area contributed by atoms with Crippen LogP contribution >= 0.6 is 23.2 Å². The fourth-order valence-electron chi connectivity index (χ4n) is 3.17. The molecule has 0 spiro atoms. The van der Waals surface area contributed by atoms with E-state index < -0.39 is 0 Å². The summed E-state index contributed by atoms with van der Waals surface area (Å²) in [5.41, 5.74) is 3.22. The molecule has 0 atom stereocenters. The van der Waals surface area contributed by atoms with Crippen LogP contribution in [0.1, 0.15) is 16.7 Å². The summed E-state index contributed by atoms with van der Waals surface area (Å²) in [7, 11) is 0. The van der Waals surface area contributed by atoms with Crippen molar-refractivity contribution in [3.63, 3.8) is 0 Å². The molecule has 0 aliphatic rings. The normalized spacial score (nSPS) is 11.5. The number of hydrogen-bond donors (Lipinski definition) is 0. The number of para-hydroxylation sites is 2. The molecular formula is C26H18Cl2N2O2. The maximum Gasteiger partial charge on any atom is 0.230 e. The maximum absolute atomic E-state index is 12.4. The van der Waals surface area contributed by atoms with Crippen molar-refractivity contribution in [2.24, 2.45) is 0 Å². The van der Waals surface area contributed by atoms with Gasteiger partial charge in [-0.3, -0.25) is 4.79 Å². The van der Waals surface area contributed by atoms with E-state index in [9.17, 15) is 4.79 Å². The number of halogens is 2. The first-order valence-electron chi connectivity index (χ1n) is 9.84. The molecule has 4 aromatic rings. The zero-order valence-corrected chi connectivity index (χ0v) is 18.6. The monoisotopic (exact) mass is 460 g/mol. The van der Waals surface area contributed by atoms with Gasteiger partial charge in [0.1, 0.15) is 12.1 Å². The summed E-state index contributed by atoms with van der Waals surface area (Å²) >= 11 is 12.3. The van der Waals surface area contributed by atoms with E-state index in [1.807, 2.05) is 49.4 Å². The lowest BCUT2D eigenvalue weighted by Gasteiger charge is -2.10. The highest BCUT2D eigenvalue weighted by Crippen LogP contribution is 2.30. The Morgan fingerprint density at radius 1 is 0.875 bits per heavy atom. The molecule has 3 aromatic carbocycles. The molecule has 0 N–H and O–H groups in total. The van der Waals surface area contributed by atoms with Crippen molar-refractivity contribution in [1.82, 2.24) is 9.97 Å². The number of hydrogen-bond acceptors (Lipinski definition) is 4. The third kappa shape index (κ3) is 4.88. The zero-order valence-electron chi connectivity index (χ0n) is 17.1. The van der Waals surface area contributed by atoms with Crippen LogP contribution in [-0.4, -0.2) is 15.8 Å². The lowest BCUT2D eigenvalue weighted by atomic mass is 10.1. The Bertz CT molecular complexity index is 1340. The molecule has 6 heteroatoms. The number of fused-ring (bicyclic) bond motifs is 1. The number of rotatable bonds is 6. The Morgan fingerprint density at radius 2 is 1.59 bits per heavy atom. The second kappa shape index (κ2) is 9.77. The van der Waals surface area contributed by atoms with Crippen LogP contribution in [-0.2, 0) is 4.79 Å². The first-order chi connectivity index (χ1) is 15.5. The summed E-state index contributed by atoms with van der Waals surface area (Å²) in [6, 6.07) is 18.5. The van der Waals surface area contributed by atoms with Crippen molar-refractivity contribution in [1.29, 1.82) is 0 Å². The van der Waals surface area contributed by atoms with Gasteiger partial charge in [-0.2, -0.15) is 0 Å². The van der Waals surface area contributed by atoms with E-state index >= 15 is 0 Å².